The SMILES string of the molecule is O=C1N2C[C@@H](CC[C@H]2Cn2cc(C3CCCCC3)nn2)N1OS(=O)(=O)[O-].[Na+]. The van der Waals surface area contributed by atoms with E-state index in [-0.39, 0.29) is 35.6 Å². The Morgan fingerprint density at radius 2 is 1.93 bits per heavy atom. The fraction of sp³-hybridized carbons (Fsp3) is 0.800. The molecule has 27 heavy (non-hydrogen) atoms. The molecule has 0 N–H and O–H groups in total. The summed E-state index contributed by atoms with van der Waals surface area (Å²) in [7, 11) is -4.96. The van der Waals surface area contributed by atoms with Gasteiger partial charge in [-0.25, -0.2) is 13.2 Å². The maximum atomic E-state index is 12.4. The van der Waals surface area contributed by atoms with E-state index in [1.165, 1.54) is 19.3 Å². The van der Waals surface area contributed by atoms with Crippen molar-refractivity contribution >= 4 is 16.4 Å². The molecule has 12 heteroatoms. The van der Waals surface area contributed by atoms with E-state index in [1.807, 2.05) is 6.20 Å². The second kappa shape index (κ2) is 8.34. The van der Waals surface area contributed by atoms with Crippen LogP contribution in [0.25, 0.3) is 0 Å². The van der Waals surface area contributed by atoms with Crippen molar-refractivity contribution in [3.05, 3.63) is 11.9 Å². The monoisotopic (exact) mass is 407 g/mol. The zero-order chi connectivity index (χ0) is 18.3. The van der Waals surface area contributed by atoms with Gasteiger partial charge in [0.1, 0.15) is 0 Å². The predicted octanol–water partition coefficient (Wildman–Crippen LogP) is -2.01. The van der Waals surface area contributed by atoms with Gasteiger partial charge in [-0.1, -0.05) is 24.5 Å². The Bertz CT molecular complexity index is 781. The Morgan fingerprint density at radius 1 is 1.19 bits per heavy atom. The standard InChI is InChI=1S/C15H23N5O5S.Na/c21-15-19-9-13(20(15)25-26(22,23)24)7-6-12(19)8-18-10-14(16-17-18)11-4-2-1-3-5-11;/h10-13H,1-9H2,(H,22,23,24);/q;+1/p-1/t12-,13+;/m0./s1. The number of hydroxylamine groups is 2. The van der Waals surface area contributed by atoms with Crippen LogP contribution in [0.5, 0.6) is 0 Å². The van der Waals surface area contributed by atoms with Gasteiger partial charge < -0.3 is 9.45 Å². The number of fused-ring (bicyclic) bond motifs is 2. The molecule has 2 aliphatic heterocycles. The molecule has 1 aromatic rings. The number of hydrogen-bond donors (Lipinski definition) is 0. The molecule has 0 radical (unpaired) electrons. The number of nitrogens with zero attached hydrogens (tertiary/aromatic N) is 5. The Morgan fingerprint density at radius 3 is 2.63 bits per heavy atom. The van der Waals surface area contributed by atoms with Gasteiger partial charge in [0.2, 0.25) is 10.4 Å². The second-order valence-electron chi connectivity index (χ2n) is 7.33. The molecule has 3 aliphatic rings. The Balaban J connectivity index is 0.00000210. The van der Waals surface area contributed by atoms with Crippen LogP contribution in [0.3, 0.4) is 0 Å². The Kier molecular flexibility index (Phi) is 6.48. The molecule has 2 bridgehead atoms. The van der Waals surface area contributed by atoms with Crippen LogP contribution in [0.4, 0.5) is 4.79 Å². The van der Waals surface area contributed by atoms with Gasteiger partial charge in [-0.05, 0) is 25.7 Å². The smallest absolute Gasteiger partial charge is 0.724 e. The number of urea groups is 1. The fourth-order valence-corrected chi connectivity index (χ4v) is 4.68. The first-order valence-corrected chi connectivity index (χ1v) is 10.4. The summed E-state index contributed by atoms with van der Waals surface area (Å²) >= 11 is 0. The molecule has 1 aromatic heterocycles. The van der Waals surface area contributed by atoms with Crippen LogP contribution in [0.15, 0.2) is 6.20 Å². The fourth-order valence-electron chi connectivity index (χ4n) is 4.30. The molecule has 10 nitrogen and oxygen atoms in total. The third-order valence-corrected chi connectivity index (χ3v) is 5.94. The van der Waals surface area contributed by atoms with E-state index in [0.717, 1.165) is 18.5 Å². The number of aromatic nitrogens is 3. The summed E-state index contributed by atoms with van der Waals surface area (Å²) < 4.78 is 38.6. The minimum Gasteiger partial charge on any atom is -0.724 e. The van der Waals surface area contributed by atoms with E-state index in [4.69, 9.17) is 0 Å². The maximum absolute atomic E-state index is 12.4. The van der Waals surface area contributed by atoms with E-state index in [9.17, 15) is 17.8 Å². The van der Waals surface area contributed by atoms with Crippen molar-refractivity contribution < 1.29 is 51.6 Å². The van der Waals surface area contributed by atoms with Crippen molar-refractivity contribution in [3.63, 3.8) is 0 Å². The molecule has 0 unspecified atom stereocenters. The summed E-state index contributed by atoms with van der Waals surface area (Å²) in [6.45, 7) is 0.847. The molecule has 0 aromatic carbocycles. The number of rotatable bonds is 5. The first kappa shape index (κ1) is 21.0. The minimum atomic E-state index is -4.96. The molecule has 3 heterocycles. The maximum Gasteiger partial charge on any atom is 1.00 e. The third-order valence-electron chi connectivity index (χ3n) is 5.60. The molecule has 144 valence electrons. The average molecular weight is 407 g/mol. The Hall–Kier alpha value is -0.720. The number of carbonyl (C=O) groups excluding carboxylic acids is 1. The van der Waals surface area contributed by atoms with Crippen LogP contribution in [0.2, 0.25) is 0 Å². The first-order chi connectivity index (χ1) is 12.4. The van der Waals surface area contributed by atoms with E-state index in [2.05, 4.69) is 14.6 Å². The van der Waals surface area contributed by atoms with Gasteiger partial charge in [0.15, 0.2) is 0 Å². The van der Waals surface area contributed by atoms with Crippen LogP contribution in [0, 0.1) is 0 Å². The van der Waals surface area contributed by atoms with Crippen LogP contribution < -0.4 is 29.6 Å². The molecule has 1 aliphatic carbocycles. The van der Waals surface area contributed by atoms with Crippen molar-refractivity contribution in [3.8, 4) is 0 Å². The number of amides is 2. The van der Waals surface area contributed by atoms with Crippen molar-refractivity contribution in [2.45, 2.75) is 69.5 Å². The van der Waals surface area contributed by atoms with Crippen LogP contribution in [-0.4, -0.2) is 62.6 Å². The third kappa shape index (κ3) is 4.65. The van der Waals surface area contributed by atoms with E-state index >= 15 is 0 Å². The van der Waals surface area contributed by atoms with Crippen molar-refractivity contribution in [2.24, 2.45) is 0 Å². The molecule has 3 fully saturated rings. The molecule has 1 saturated carbocycles. The summed E-state index contributed by atoms with van der Waals surface area (Å²) in [5.41, 5.74) is 1.01. The quantitative estimate of drug-likeness (QED) is 0.314. The number of hydrogen-bond acceptors (Lipinski definition) is 7. The molecule has 0 spiro atoms. The van der Waals surface area contributed by atoms with E-state index < -0.39 is 22.5 Å². The molecular weight excluding hydrogens is 385 g/mol. The first-order valence-electron chi connectivity index (χ1n) is 9.06. The minimum absolute atomic E-state index is 0. The van der Waals surface area contributed by atoms with Gasteiger partial charge >= 0.3 is 35.6 Å². The number of carbonyl (C=O) groups is 1. The van der Waals surface area contributed by atoms with Crippen LogP contribution in [-0.2, 0) is 21.2 Å². The summed E-state index contributed by atoms with van der Waals surface area (Å²) in [5, 5.41) is 9.22. The molecular formula is C15H22N5NaO5S. The number of piperidine rings is 1. The molecule has 4 rings (SSSR count). The normalized spacial score (nSPS) is 26.3. The summed E-state index contributed by atoms with van der Waals surface area (Å²) in [4.78, 5) is 14.0. The molecule has 2 atom stereocenters. The van der Waals surface area contributed by atoms with Gasteiger partial charge in [-0.15, -0.1) is 5.10 Å². The van der Waals surface area contributed by atoms with Crippen LogP contribution in [0.1, 0.15) is 56.6 Å². The largest absolute Gasteiger partial charge is 1.00 e. The predicted molar refractivity (Wildman–Crippen MR) is 87.4 cm³/mol. The topological polar surface area (TPSA) is 121 Å². The molecule has 2 saturated heterocycles. The zero-order valence-electron chi connectivity index (χ0n) is 15.4. The molecule has 2 amide bonds. The van der Waals surface area contributed by atoms with Crippen LogP contribution >= 0.6 is 0 Å². The second-order valence-corrected chi connectivity index (χ2v) is 8.29. The van der Waals surface area contributed by atoms with E-state index in [1.54, 1.807) is 9.58 Å². The van der Waals surface area contributed by atoms with Crippen molar-refractivity contribution in [2.75, 3.05) is 6.54 Å². The van der Waals surface area contributed by atoms with E-state index in [0.29, 0.717) is 36.9 Å². The summed E-state index contributed by atoms with van der Waals surface area (Å²) in [6, 6.07) is -1.11. The average Bonchev–Trinajstić information content (AvgIpc) is 3.16. The van der Waals surface area contributed by atoms with Gasteiger partial charge in [0.05, 0.1) is 24.3 Å². The van der Waals surface area contributed by atoms with Gasteiger partial charge in [-0.3, -0.25) is 4.68 Å². The van der Waals surface area contributed by atoms with Crippen molar-refractivity contribution in [1.29, 1.82) is 0 Å². The Labute approximate surface area is 180 Å². The van der Waals surface area contributed by atoms with Crippen molar-refractivity contribution in [1.82, 2.24) is 25.0 Å². The summed E-state index contributed by atoms with van der Waals surface area (Å²) in [5.74, 6) is 0.466. The van der Waals surface area contributed by atoms with Gasteiger partial charge in [0, 0.05) is 18.7 Å². The summed E-state index contributed by atoms with van der Waals surface area (Å²) in [6.07, 6.45) is 9.24. The zero-order valence-corrected chi connectivity index (χ0v) is 18.2. The van der Waals surface area contributed by atoms with Gasteiger partial charge in [0.25, 0.3) is 0 Å². The van der Waals surface area contributed by atoms with Gasteiger partial charge in [-0.2, -0.15) is 9.35 Å².